The smallest absolute Gasteiger partial charge is 0.235 e. The van der Waals surface area contributed by atoms with Gasteiger partial charge in [-0.3, -0.25) is 9.69 Å². The van der Waals surface area contributed by atoms with E-state index in [0.29, 0.717) is 5.02 Å². The Kier molecular flexibility index (Phi) is 5.62. The number of carbonyl (C=O) groups excluding carboxylic acids is 1. The van der Waals surface area contributed by atoms with Crippen molar-refractivity contribution in [2.24, 2.45) is 0 Å². The van der Waals surface area contributed by atoms with Crippen LogP contribution in [0.25, 0.3) is 0 Å². The first-order valence-electron chi connectivity index (χ1n) is 8.38. The number of likely N-dealkylation sites (tertiary alicyclic amines) is 1. The molecule has 0 radical (unpaired) electrons. The molecule has 2 aliphatic heterocycles. The lowest BCUT2D eigenvalue weighted by molar-refractivity contribution is -0.119. The standard InChI is InChI=1S/C16H21ClN2O5S2/c17-12-3-5-13(6-4-12)26(23,24)11-16(20)18-14-9-25(21,22)10-15(14)19-7-1-2-8-19/h3-6,14-15H,1-2,7-11H2,(H,18,20). The highest BCUT2D eigenvalue weighted by molar-refractivity contribution is 7.92. The molecule has 0 aliphatic carbocycles. The molecular weight excluding hydrogens is 400 g/mol. The van der Waals surface area contributed by atoms with Crippen LogP contribution in [0.1, 0.15) is 12.8 Å². The van der Waals surface area contributed by atoms with Crippen LogP contribution in [0, 0.1) is 0 Å². The molecule has 0 aromatic heterocycles. The van der Waals surface area contributed by atoms with Gasteiger partial charge in [-0.05, 0) is 50.2 Å². The number of nitrogens with one attached hydrogen (secondary N) is 1. The summed E-state index contributed by atoms with van der Waals surface area (Å²) in [7, 11) is -7.07. The molecule has 144 valence electrons. The molecule has 0 spiro atoms. The Labute approximate surface area is 158 Å². The fourth-order valence-electron chi connectivity index (χ4n) is 3.55. The number of halogens is 1. The zero-order valence-electron chi connectivity index (χ0n) is 14.1. The zero-order chi connectivity index (χ0) is 18.9. The Hall–Kier alpha value is -1.16. The third kappa shape index (κ3) is 4.57. The van der Waals surface area contributed by atoms with Gasteiger partial charge in [0.2, 0.25) is 5.91 Å². The molecule has 2 aliphatic rings. The van der Waals surface area contributed by atoms with Crippen molar-refractivity contribution in [3.63, 3.8) is 0 Å². The van der Waals surface area contributed by atoms with Gasteiger partial charge >= 0.3 is 0 Å². The Morgan fingerprint density at radius 1 is 1.15 bits per heavy atom. The first kappa shape index (κ1) is 19.6. The lowest BCUT2D eigenvalue weighted by Crippen LogP contribution is -2.51. The van der Waals surface area contributed by atoms with E-state index in [0.717, 1.165) is 25.9 Å². The quantitative estimate of drug-likeness (QED) is 0.744. The van der Waals surface area contributed by atoms with Gasteiger partial charge in [-0.1, -0.05) is 11.6 Å². The summed E-state index contributed by atoms with van der Waals surface area (Å²) in [4.78, 5) is 14.4. The second-order valence-corrected chi connectivity index (χ2v) is 11.4. The number of hydrogen-bond donors (Lipinski definition) is 1. The topological polar surface area (TPSA) is 101 Å². The largest absolute Gasteiger partial charge is 0.350 e. The molecule has 0 bridgehead atoms. The Morgan fingerprint density at radius 3 is 2.38 bits per heavy atom. The molecule has 26 heavy (non-hydrogen) atoms. The first-order chi connectivity index (χ1) is 12.2. The van der Waals surface area contributed by atoms with Crippen LogP contribution in [0.3, 0.4) is 0 Å². The Balaban J connectivity index is 1.69. The number of rotatable bonds is 5. The van der Waals surface area contributed by atoms with Crippen molar-refractivity contribution in [3.8, 4) is 0 Å². The molecule has 2 fully saturated rings. The molecule has 2 atom stereocenters. The maximum absolute atomic E-state index is 12.4. The number of carbonyl (C=O) groups is 1. The van der Waals surface area contributed by atoms with E-state index in [1.165, 1.54) is 24.3 Å². The van der Waals surface area contributed by atoms with Crippen LogP contribution >= 0.6 is 11.6 Å². The SMILES string of the molecule is O=C(CS(=O)(=O)c1ccc(Cl)cc1)NC1CS(=O)(=O)CC1N1CCCC1. The predicted octanol–water partition coefficient (Wildman–Crippen LogP) is 0.491. The van der Waals surface area contributed by atoms with E-state index in [4.69, 9.17) is 11.6 Å². The molecule has 3 rings (SSSR count). The van der Waals surface area contributed by atoms with Crippen molar-refractivity contribution < 1.29 is 21.6 Å². The summed E-state index contributed by atoms with van der Waals surface area (Å²) >= 11 is 5.75. The monoisotopic (exact) mass is 420 g/mol. The van der Waals surface area contributed by atoms with Crippen molar-refractivity contribution in [1.82, 2.24) is 10.2 Å². The highest BCUT2D eigenvalue weighted by Gasteiger charge is 2.42. The molecule has 10 heteroatoms. The number of amides is 1. The third-order valence-corrected chi connectivity index (χ3v) is 8.37. The fraction of sp³-hybridized carbons (Fsp3) is 0.562. The van der Waals surface area contributed by atoms with Crippen molar-refractivity contribution in [3.05, 3.63) is 29.3 Å². The van der Waals surface area contributed by atoms with E-state index < -0.39 is 37.4 Å². The highest BCUT2D eigenvalue weighted by atomic mass is 35.5. The molecule has 1 amide bonds. The second kappa shape index (κ2) is 7.46. The summed E-state index contributed by atoms with van der Waals surface area (Å²) < 4.78 is 48.8. The van der Waals surface area contributed by atoms with Gasteiger partial charge in [0.05, 0.1) is 22.4 Å². The number of nitrogens with zero attached hydrogens (tertiary/aromatic N) is 1. The molecule has 1 N–H and O–H groups in total. The van der Waals surface area contributed by atoms with E-state index in [9.17, 15) is 21.6 Å². The van der Waals surface area contributed by atoms with Crippen LogP contribution in [-0.4, -0.2) is 70.1 Å². The third-order valence-electron chi connectivity index (χ3n) is 4.77. The first-order valence-corrected chi connectivity index (χ1v) is 12.2. The molecule has 2 unspecified atom stereocenters. The molecule has 1 aromatic rings. The summed E-state index contributed by atoms with van der Waals surface area (Å²) in [5.74, 6) is -1.56. The van der Waals surface area contributed by atoms with Crippen LogP contribution in [0.2, 0.25) is 5.02 Å². The predicted molar refractivity (Wildman–Crippen MR) is 98.7 cm³/mol. The number of benzene rings is 1. The molecule has 7 nitrogen and oxygen atoms in total. The van der Waals surface area contributed by atoms with Gasteiger partial charge < -0.3 is 5.32 Å². The van der Waals surface area contributed by atoms with E-state index in [1.807, 2.05) is 0 Å². The number of hydrogen-bond acceptors (Lipinski definition) is 6. The van der Waals surface area contributed by atoms with Crippen LogP contribution in [0.5, 0.6) is 0 Å². The minimum absolute atomic E-state index is 0.00187. The lowest BCUT2D eigenvalue weighted by atomic mass is 10.1. The average Bonchev–Trinajstić information content (AvgIpc) is 3.14. The maximum Gasteiger partial charge on any atom is 0.235 e. The summed E-state index contributed by atoms with van der Waals surface area (Å²) in [6.45, 7) is 1.60. The average molecular weight is 421 g/mol. The molecule has 1 aromatic carbocycles. The van der Waals surface area contributed by atoms with E-state index >= 15 is 0 Å². The van der Waals surface area contributed by atoms with Crippen LogP contribution < -0.4 is 5.32 Å². The van der Waals surface area contributed by atoms with Gasteiger partial charge in [-0.15, -0.1) is 0 Å². The van der Waals surface area contributed by atoms with Crippen molar-refractivity contribution in [1.29, 1.82) is 0 Å². The minimum Gasteiger partial charge on any atom is -0.350 e. The minimum atomic E-state index is -3.82. The van der Waals surface area contributed by atoms with Crippen molar-refractivity contribution >= 4 is 37.2 Å². The summed E-state index contributed by atoms with van der Waals surface area (Å²) in [5, 5.41) is 3.03. The van der Waals surface area contributed by atoms with Crippen molar-refractivity contribution in [2.45, 2.75) is 29.8 Å². The number of sulfone groups is 2. The molecule has 2 saturated heterocycles. The van der Waals surface area contributed by atoms with Crippen LogP contribution in [-0.2, 0) is 24.5 Å². The maximum atomic E-state index is 12.4. The summed E-state index contributed by atoms with van der Waals surface area (Å²) in [6.07, 6.45) is 2.00. The molecular formula is C16H21ClN2O5S2. The fourth-order valence-corrected chi connectivity index (χ4v) is 6.77. The van der Waals surface area contributed by atoms with Gasteiger partial charge in [-0.2, -0.15) is 0 Å². The van der Waals surface area contributed by atoms with Crippen molar-refractivity contribution in [2.75, 3.05) is 30.3 Å². The summed E-state index contributed by atoms with van der Waals surface area (Å²) in [6, 6.07) is 4.71. The molecule has 2 heterocycles. The van der Waals surface area contributed by atoms with Gasteiger partial charge in [0, 0.05) is 11.1 Å². The highest BCUT2D eigenvalue weighted by Crippen LogP contribution is 2.23. The lowest BCUT2D eigenvalue weighted by Gasteiger charge is -2.28. The van der Waals surface area contributed by atoms with Crippen LogP contribution in [0.15, 0.2) is 29.2 Å². The van der Waals surface area contributed by atoms with Gasteiger partial charge in [0.15, 0.2) is 19.7 Å². The van der Waals surface area contributed by atoms with Gasteiger partial charge in [-0.25, -0.2) is 16.8 Å². The van der Waals surface area contributed by atoms with Gasteiger partial charge in [0.25, 0.3) is 0 Å². The molecule has 0 saturated carbocycles. The second-order valence-electron chi connectivity index (χ2n) is 6.77. The Bertz CT molecular complexity index is 878. The van der Waals surface area contributed by atoms with Gasteiger partial charge in [0.1, 0.15) is 5.75 Å². The summed E-state index contributed by atoms with van der Waals surface area (Å²) in [5.41, 5.74) is 0. The normalized spacial score (nSPS) is 26.0. The van der Waals surface area contributed by atoms with E-state index in [1.54, 1.807) is 0 Å². The van der Waals surface area contributed by atoms with E-state index in [-0.39, 0.29) is 22.4 Å². The zero-order valence-corrected chi connectivity index (χ0v) is 16.5. The Morgan fingerprint density at radius 2 is 1.77 bits per heavy atom. The van der Waals surface area contributed by atoms with E-state index in [2.05, 4.69) is 10.2 Å². The van der Waals surface area contributed by atoms with Crippen LogP contribution in [0.4, 0.5) is 0 Å².